The Bertz CT molecular complexity index is 587. The summed E-state index contributed by atoms with van der Waals surface area (Å²) in [4.78, 5) is 16.1. The van der Waals surface area contributed by atoms with Crippen LogP contribution in [0.1, 0.15) is 17.1 Å². The van der Waals surface area contributed by atoms with Crippen molar-refractivity contribution in [1.82, 2.24) is 9.55 Å². The zero-order valence-electron chi connectivity index (χ0n) is 9.77. The van der Waals surface area contributed by atoms with Crippen molar-refractivity contribution in [3.63, 3.8) is 0 Å². The maximum atomic E-state index is 11.8. The predicted molar refractivity (Wildman–Crippen MR) is 71.2 cm³/mol. The number of benzene rings is 1. The summed E-state index contributed by atoms with van der Waals surface area (Å²) in [7, 11) is 0. The van der Waals surface area contributed by atoms with E-state index in [9.17, 15) is 4.79 Å². The van der Waals surface area contributed by atoms with Gasteiger partial charge in [0.05, 0.1) is 6.54 Å². The molecule has 0 spiro atoms. The van der Waals surface area contributed by atoms with Crippen molar-refractivity contribution in [3.05, 3.63) is 62.2 Å². The fourth-order valence-corrected chi connectivity index (χ4v) is 1.99. The summed E-state index contributed by atoms with van der Waals surface area (Å²) in [5, 5.41) is 0. The highest BCUT2D eigenvalue weighted by atomic mass is 79.9. The quantitative estimate of drug-likeness (QED) is 0.853. The molecule has 0 saturated heterocycles. The topological polar surface area (TPSA) is 34.9 Å². The summed E-state index contributed by atoms with van der Waals surface area (Å²) in [6, 6.07) is 9.49. The molecule has 0 fully saturated rings. The Morgan fingerprint density at radius 1 is 1.24 bits per heavy atom. The zero-order chi connectivity index (χ0) is 12.4. The van der Waals surface area contributed by atoms with Crippen LogP contribution in [-0.2, 0) is 6.54 Å². The van der Waals surface area contributed by atoms with Crippen molar-refractivity contribution < 1.29 is 0 Å². The van der Waals surface area contributed by atoms with E-state index in [1.54, 1.807) is 10.6 Å². The van der Waals surface area contributed by atoms with Crippen LogP contribution < -0.4 is 5.56 Å². The first kappa shape index (κ1) is 12.0. The molecule has 1 aromatic heterocycles. The molecule has 2 aromatic rings. The lowest BCUT2D eigenvalue weighted by atomic mass is 10.2. The Hall–Kier alpha value is -1.42. The van der Waals surface area contributed by atoms with Crippen LogP contribution >= 0.6 is 15.9 Å². The van der Waals surface area contributed by atoms with Crippen LogP contribution in [0.3, 0.4) is 0 Å². The van der Waals surface area contributed by atoms with Gasteiger partial charge >= 0.3 is 0 Å². The predicted octanol–water partition coefficient (Wildman–Crippen LogP) is 2.67. The van der Waals surface area contributed by atoms with E-state index >= 15 is 0 Å². The lowest BCUT2D eigenvalue weighted by molar-refractivity contribution is 0.694. The van der Waals surface area contributed by atoms with Crippen molar-refractivity contribution in [2.24, 2.45) is 0 Å². The number of aromatic nitrogens is 2. The van der Waals surface area contributed by atoms with E-state index in [1.807, 2.05) is 38.1 Å². The van der Waals surface area contributed by atoms with E-state index in [4.69, 9.17) is 0 Å². The molecule has 0 amide bonds. The summed E-state index contributed by atoms with van der Waals surface area (Å²) in [6.07, 6.45) is 0. The van der Waals surface area contributed by atoms with Gasteiger partial charge in [0.1, 0.15) is 5.82 Å². The average Bonchev–Trinajstić information content (AvgIpc) is 2.26. The van der Waals surface area contributed by atoms with Gasteiger partial charge < -0.3 is 0 Å². The Morgan fingerprint density at radius 3 is 2.47 bits per heavy atom. The lowest BCUT2D eigenvalue weighted by Gasteiger charge is -2.09. The van der Waals surface area contributed by atoms with Crippen LogP contribution in [0.25, 0.3) is 0 Å². The third kappa shape index (κ3) is 2.82. The number of halogens is 1. The highest BCUT2D eigenvalue weighted by Gasteiger charge is 2.03. The standard InChI is InChI=1S/C13H13BrN2O/c1-9-7-13(17)16(10(2)15-9)8-11-3-5-12(14)6-4-11/h3-7H,8H2,1-2H3. The van der Waals surface area contributed by atoms with E-state index in [-0.39, 0.29) is 5.56 Å². The summed E-state index contributed by atoms with van der Waals surface area (Å²) in [5.74, 6) is 0.748. The molecule has 0 radical (unpaired) electrons. The fourth-order valence-electron chi connectivity index (χ4n) is 1.73. The largest absolute Gasteiger partial charge is 0.292 e. The van der Waals surface area contributed by atoms with Gasteiger partial charge in [-0.3, -0.25) is 9.36 Å². The summed E-state index contributed by atoms with van der Waals surface area (Å²) in [5.41, 5.74) is 1.85. The third-order valence-corrected chi connectivity index (χ3v) is 3.11. The first-order chi connectivity index (χ1) is 8.06. The molecule has 0 aliphatic carbocycles. The maximum Gasteiger partial charge on any atom is 0.254 e. The number of hydrogen-bond donors (Lipinski definition) is 0. The third-order valence-electron chi connectivity index (χ3n) is 2.58. The van der Waals surface area contributed by atoms with Crippen LogP contribution in [0.2, 0.25) is 0 Å². The smallest absolute Gasteiger partial charge is 0.254 e. The van der Waals surface area contributed by atoms with E-state index in [0.717, 1.165) is 21.6 Å². The second-order valence-corrected chi connectivity index (χ2v) is 4.91. The molecule has 0 N–H and O–H groups in total. The first-order valence-corrected chi connectivity index (χ1v) is 6.15. The maximum absolute atomic E-state index is 11.8. The van der Waals surface area contributed by atoms with Crippen LogP contribution in [0.15, 0.2) is 39.6 Å². The minimum atomic E-state index is -0.00193. The first-order valence-electron chi connectivity index (χ1n) is 5.36. The lowest BCUT2D eigenvalue weighted by Crippen LogP contribution is -2.24. The highest BCUT2D eigenvalue weighted by Crippen LogP contribution is 2.11. The van der Waals surface area contributed by atoms with Gasteiger partial charge in [0.25, 0.3) is 5.56 Å². The van der Waals surface area contributed by atoms with E-state index in [2.05, 4.69) is 20.9 Å². The molecule has 0 unspecified atom stereocenters. The molecule has 1 aromatic carbocycles. The molecule has 1 heterocycles. The molecular weight excluding hydrogens is 280 g/mol. The minimum absolute atomic E-state index is 0.00193. The van der Waals surface area contributed by atoms with E-state index in [0.29, 0.717) is 6.54 Å². The van der Waals surface area contributed by atoms with Gasteiger partial charge in [-0.2, -0.15) is 0 Å². The number of aryl methyl sites for hydroxylation is 2. The van der Waals surface area contributed by atoms with Crippen molar-refractivity contribution in [2.75, 3.05) is 0 Å². The van der Waals surface area contributed by atoms with Crippen molar-refractivity contribution in [2.45, 2.75) is 20.4 Å². The molecular formula is C13H13BrN2O. The Labute approximate surface area is 108 Å². The molecule has 2 rings (SSSR count). The molecule has 4 heteroatoms. The van der Waals surface area contributed by atoms with E-state index < -0.39 is 0 Å². The van der Waals surface area contributed by atoms with Crippen molar-refractivity contribution in [1.29, 1.82) is 0 Å². The molecule has 0 bridgehead atoms. The second-order valence-electron chi connectivity index (χ2n) is 4.00. The van der Waals surface area contributed by atoms with Gasteiger partial charge in [-0.25, -0.2) is 4.98 Å². The summed E-state index contributed by atoms with van der Waals surface area (Å²) >= 11 is 3.39. The van der Waals surface area contributed by atoms with Gasteiger partial charge in [-0.05, 0) is 31.5 Å². The normalized spacial score (nSPS) is 10.5. The second kappa shape index (κ2) is 4.84. The number of nitrogens with zero attached hydrogens (tertiary/aromatic N) is 2. The summed E-state index contributed by atoms with van der Waals surface area (Å²) in [6.45, 7) is 4.25. The van der Waals surface area contributed by atoms with Gasteiger partial charge in [-0.1, -0.05) is 28.1 Å². The van der Waals surface area contributed by atoms with Crippen LogP contribution in [-0.4, -0.2) is 9.55 Å². The Balaban J connectivity index is 2.36. The molecule has 0 atom stereocenters. The van der Waals surface area contributed by atoms with Gasteiger partial charge in [-0.15, -0.1) is 0 Å². The minimum Gasteiger partial charge on any atom is -0.292 e. The molecule has 3 nitrogen and oxygen atoms in total. The zero-order valence-corrected chi connectivity index (χ0v) is 11.4. The Kier molecular flexibility index (Phi) is 3.43. The van der Waals surface area contributed by atoms with Gasteiger partial charge in [0, 0.05) is 16.2 Å². The summed E-state index contributed by atoms with van der Waals surface area (Å²) < 4.78 is 2.71. The van der Waals surface area contributed by atoms with Crippen molar-refractivity contribution >= 4 is 15.9 Å². The van der Waals surface area contributed by atoms with Gasteiger partial charge in [0.2, 0.25) is 0 Å². The van der Waals surface area contributed by atoms with Crippen LogP contribution in [0.4, 0.5) is 0 Å². The molecule has 0 aliphatic heterocycles. The molecule has 88 valence electrons. The van der Waals surface area contributed by atoms with Crippen molar-refractivity contribution in [3.8, 4) is 0 Å². The highest BCUT2D eigenvalue weighted by molar-refractivity contribution is 9.10. The molecule has 0 saturated carbocycles. The molecule has 17 heavy (non-hydrogen) atoms. The van der Waals surface area contributed by atoms with Gasteiger partial charge in [0.15, 0.2) is 0 Å². The number of rotatable bonds is 2. The fraction of sp³-hybridized carbons (Fsp3) is 0.231. The number of hydrogen-bond acceptors (Lipinski definition) is 2. The van der Waals surface area contributed by atoms with Crippen LogP contribution in [0, 0.1) is 13.8 Å². The molecule has 0 aliphatic rings. The van der Waals surface area contributed by atoms with Crippen LogP contribution in [0.5, 0.6) is 0 Å². The Morgan fingerprint density at radius 2 is 1.88 bits per heavy atom. The van der Waals surface area contributed by atoms with E-state index in [1.165, 1.54) is 0 Å². The average molecular weight is 293 g/mol. The SMILES string of the molecule is Cc1cc(=O)n(Cc2ccc(Br)cc2)c(C)n1. The monoisotopic (exact) mass is 292 g/mol.